The van der Waals surface area contributed by atoms with Crippen LogP contribution in [0.4, 0.5) is 0 Å². The molecule has 3 nitrogen and oxygen atoms in total. The average Bonchev–Trinajstić information content (AvgIpc) is 2.28. The highest BCUT2D eigenvalue weighted by Gasteiger charge is 2.19. The number of unbranched alkanes of at least 4 members (excludes halogenated alkanes) is 1. The van der Waals surface area contributed by atoms with Crippen LogP contribution < -0.4 is 11.1 Å². The lowest BCUT2D eigenvalue weighted by molar-refractivity contribution is 0.190. The van der Waals surface area contributed by atoms with Crippen LogP contribution in [0.1, 0.15) is 39.5 Å². The summed E-state index contributed by atoms with van der Waals surface area (Å²) in [6.45, 7) is 8.98. The standard InChI is InChI=1S/C12H27N3/c1-3-4-7-15-8-5-12(6-9-15)14-11(2)10-13/h11-12,14H,3-10,13H2,1-2H3. The molecule has 1 saturated heterocycles. The lowest BCUT2D eigenvalue weighted by Gasteiger charge is -2.33. The van der Waals surface area contributed by atoms with E-state index < -0.39 is 0 Å². The van der Waals surface area contributed by atoms with Crippen LogP contribution in [0.2, 0.25) is 0 Å². The second kappa shape index (κ2) is 7.20. The lowest BCUT2D eigenvalue weighted by atomic mass is 10.0. The van der Waals surface area contributed by atoms with Crippen LogP contribution in [0.15, 0.2) is 0 Å². The monoisotopic (exact) mass is 213 g/mol. The zero-order chi connectivity index (χ0) is 11.1. The Morgan fingerprint density at radius 3 is 2.60 bits per heavy atom. The number of nitrogens with two attached hydrogens (primary N) is 1. The van der Waals surface area contributed by atoms with Crippen LogP contribution >= 0.6 is 0 Å². The number of hydrogen-bond donors (Lipinski definition) is 2. The first-order valence-corrected chi connectivity index (χ1v) is 6.44. The second-order valence-corrected chi connectivity index (χ2v) is 4.77. The first kappa shape index (κ1) is 12.9. The molecule has 1 atom stereocenters. The number of hydrogen-bond acceptors (Lipinski definition) is 3. The van der Waals surface area contributed by atoms with Gasteiger partial charge in [-0.05, 0) is 45.8 Å². The van der Waals surface area contributed by atoms with E-state index in [0.717, 1.165) is 6.54 Å². The second-order valence-electron chi connectivity index (χ2n) is 4.77. The third kappa shape index (κ3) is 4.96. The molecule has 0 aliphatic carbocycles. The molecule has 1 unspecified atom stereocenters. The first-order chi connectivity index (χ1) is 7.26. The van der Waals surface area contributed by atoms with Crippen LogP contribution in [0, 0.1) is 0 Å². The Morgan fingerprint density at radius 1 is 1.40 bits per heavy atom. The van der Waals surface area contributed by atoms with E-state index in [1.807, 2.05) is 0 Å². The van der Waals surface area contributed by atoms with E-state index in [0.29, 0.717) is 12.1 Å². The van der Waals surface area contributed by atoms with Crippen molar-refractivity contribution in [3.8, 4) is 0 Å². The van der Waals surface area contributed by atoms with Crippen molar-refractivity contribution in [3.05, 3.63) is 0 Å². The maximum atomic E-state index is 5.61. The minimum atomic E-state index is 0.470. The van der Waals surface area contributed by atoms with Gasteiger partial charge >= 0.3 is 0 Å². The van der Waals surface area contributed by atoms with Crippen molar-refractivity contribution in [1.29, 1.82) is 0 Å². The summed E-state index contributed by atoms with van der Waals surface area (Å²) >= 11 is 0. The zero-order valence-electron chi connectivity index (χ0n) is 10.3. The molecule has 0 bridgehead atoms. The summed E-state index contributed by atoms with van der Waals surface area (Å²) < 4.78 is 0. The first-order valence-electron chi connectivity index (χ1n) is 6.44. The highest BCUT2D eigenvalue weighted by Crippen LogP contribution is 2.11. The molecular weight excluding hydrogens is 186 g/mol. The third-order valence-electron chi connectivity index (χ3n) is 3.29. The summed E-state index contributed by atoms with van der Waals surface area (Å²) in [5.74, 6) is 0. The van der Waals surface area contributed by atoms with E-state index in [2.05, 4.69) is 24.1 Å². The number of nitrogens with zero attached hydrogens (tertiary/aromatic N) is 1. The predicted molar refractivity (Wildman–Crippen MR) is 66.0 cm³/mol. The summed E-state index contributed by atoms with van der Waals surface area (Å²) in [7, 11) is 0. The Kier molecular flexibility index (Phi) is 6.22. The maximum Gasteiger partial charge on any atom is 0.0164 e. The molecule has 0 aromatic carbocycles. The summed E-state index contributed by atoms with van der Waals surface area (Å²) in [6, 6.07) is 1.17. The molecule has 3 heteroatoms. The topological polar surface area (TPSA) is 41.3 Å². The fourth-order valence-corrected chi connectivity index (χ4v) is 2.18. The van der Waals surface area contributed by atoms with E-state index in [1.165, 1.54) is 45.3 Å². The van der Waals surface area contributed by atoms with Gasteiger partial charge in [0.2, 0.25) is 0 Å². The summed E-state index contributed by atoms with van der Waals surface area (Å²) in [4.78, 5) is 2.59. The highest BCUT2D eigenvalue weighted by atomic mass is 15.1. The van der Waals surface area contributed by atoms with E-state index in [4.69, 9.17) is 5.73 Å². The number of piperidine rings is 1. The van der Waals surface area contributed by atoms with Crippen molar-refractivity contribution in [2.75, 3.05) is 26.2 Å². The molecule has 90 valence electrons. The van der Waals surface area contributed by atoms with Gasteiger partial charge in [0, 0.05) is 18.6 Å². The van der Waals surface area contributed by atoms with Crippen molar-refractivity contribution in [2.45, 2.75) is 51.6 Å². The maximum absolute atomic E-state index is 5.61. The minimum Gasteiger partial charge on any atom is -0.329 e. The SMILES string of the molecule is CCCCN1CCC(NC(C)CN)CC1. The molecule has 3 N–H and O–H groups in total. The molecule has 1 aliphatic rings. The Hall–Kier alpha value is -0.120. The van der Waals surface area contributed by atoms with Crippen LogP contribution in [-0.4, -0.2) is 43.2 Å². The Bertz CT molecular complexity index is 153. The molecule has 0 spiro atoms. The molecule has 1 rings (SSSR count). The number of likely N-dealkylation sites (tertiary alicyclic amines) is 1. The van der Waals surface area contributed by atoms with Gasteiger partial charge in [0.05, 0.1) is 0 Å². The summed E-state index contributed by atoms with van der Waals surface area (Å²) in [5.41, 5.74) is 5.61. The quantitative estimate of drug-likeness (QED) is 0.696. The summed E-state index contributed by atoms with van der Waals surface area (Å²) in [6.07, 6.45) is 5.22. The molecule has 1 heterocycles. The van der Waals surface area contributed by atoms with Gasteiger partial charge in [-0.1, -0.05) is 13.3 Å². The Balaban J connectivity index is 2.12. The van der Waals surface area contributed by atoms with Crippen molar-refractivity contribution in [3.63, 3.8) is 0 Å². The third-order valence-corrected chi connectivity index (χ3v) is 3.29. The van der Waals surface area contributed by atoms with E-state index in [9.17, 15) is 0 Å². The number of nitrogens with one attached hydrogen (secondary N) is 1. The van der Waals surface area contributed by atoms with Crippen LogP contribution in [0.3, 0.4) is 0 Å². The average molecular weight is 213 g/mol. The molecular formula is C12H27N3. The Morgan fingerprint density at radius 2 is 2.07 bits per heavy atom. The molecule has 1 aliphatic heterocycles. The fourth-order valence-electron chi connectivity index (χ4n) is 2.18. The summed E-state index contributed by atoms with van der Waals surface area (Å²) in [5, 5.41) is 3.59. The number of rotatable bonds is 6. The van der Waals surface area contributed by atoms with Gasteiger partial charge in [0.15, 0.2) is 0 Å². The van der Waals surface area contributed by atoms with Gasteiger partial charge in [0.25, 0.3) is 0 Å². The van der Waals surface area contributed by atoms with Crippen molar-refractivity contribution in [2.24, 2.45) is 5.73 Å². The lowest BCUT2D eigenvalue weighted by Crippen LogP contribution is -2.47. The largest absolute Gasteiger partial charge is 0.329 e. The van der Waals surface area contributed by atoms with E-state index >= 15 is 0 Å². The highest BCUT2D eigenvalue weighted by molar-refractivity contribution is 4.79. The molecule has 0 saturated carbocycles. The molecule has 15 heavy (non-hydrogen) atoms. The smallest absolute Gasteiger partial charge is 0.0164 e. The fraction of sp³-hybridized carbons (Fsp3) is 1.00. The van der Waals surface area contributed by atoms with Crippen LogP contribution in [-0.2, 0) is 0 Å². The minimum absolute atomic E-state index is 0.470. The van der Waals surface area contributed by atoms with Gasteiger partial charge in [0.1, 0.15) is 0 Å². The molecule has 0 amide bonds. The van der Waals surface area contributed by atoms with E-state index in [-0.39, 0.29) is 0 Å². The van der Waals surface area contributed by atoms with Gasteiger partial charge in [-0.2, -0.15) is 0 Å². The van der Waals surface area contributed by atoms with Crippen molar-refractivity contribution in [1.82, 2.24) is 10.2 Å². The molecule has 0 aromatic heterocycles. The van der Waals surface area contributed by atoms with Gasteiger partial charge in [-0.15, -0.1) is 0 Å². The normalized spacial score (nSPS) is 21.8. The van der Waals surface area contributed by atoms with Gasteiger partial charge < -0.3 is 16.0 Å². The molecule has 0 aromatic rings. The van der Waals surface area contributed by atoms with Crippen molar-refractivity contribution >= 4 is 0 Å². The van der Waals surface area contributed by atoms with Gasteiger partial charge in [-0.3, -0.25) is 0 Å². The van der Waals surface area contributed by atoms with Gasteiger partial charge in [-0.25, -0.2) is 0 Å². The van der Waals surface area contributed by atoms with Crippen LogP contribution in [0.5, 0.6) is 0 Å². The molecule has 0 radical (unpaired) electrons. The molecule has 1 fully saturated rings. The predicted octanol–water partition coefficient (Wildman–Crippen LogP) is 1.19. The zero-order valence-corrected chi connectivity index (χ0v) is 10.3. The van der Waals surface area contributed by atoms with Crippen LogP contribution in [0.25, 0.3) is 0 Å². The van der Waals surface area contributed by atoms with E-state index in [1.54, 1.807) is 0 Å². The Labute approximate surface area is 94.4 Å². The van der Waals surface area contributed by atoms with Crippen molar-refractivity contribution < 1.29 is 0 Å².